The molecule has 1 aliphatic rings. The van der Waals surface area contributed by atoms with Gasteiger partial charge in [-0.2, -0.15) is 0 Å². The molecule has 3 amide bonds. The molecule has 33 heavy (non-hydrogen) atoms. The summed E-state index contributed by atoms with van der Waals surface area (Å²) in [5.74, 6) is -0.341. The van der Waals surface area contributed by atoms with Crippen LogP contribution in [0.1, 0.15) is 56.0 Å². The average molecular weight is 448 g/mol. The minimum atomic E-state index is -0.249. The number of fused-ring (bicyclic) bond motifs is 3. The fourth-order valence-corrected chi connectivity index (χ4v) is 4.09. The van der Waals surface area contributed by atoms with Crippen molar-refractivity contribution in [2.75, 3.05) is 39.0 Å². The molecule has 2 aromatic carbocycles. The zero-order chi connectivity index (χ0) is 23.5. The quantitative estimate of drug-likeness (QED) is 0.418. The smallest absolute Gasteiger partial charge is 0.268 e. The van der Waals surface area contributed by atoms with Crippen LogP contribution in [0.3, 0.4) is 0 Å². The summed E-state index contributed by atoms with van der Waals surface area (Å²) < 4.78 is 0. The van der Waals surface area contributed by atoms with Crippen molar-refractivity contribution in [1.29, 1.82) is 0 Å². The third kappa shape index (κ3) is 4.90. The van der Waals surface area contributed by atoms with E-state index in [2.05, 4.69) is 32.8 Å². The molecule has 1 unspecified atom stereocenters. The van der Waals surface area contributed by atoms with Gasteiger partial charge in [-0.1, -0.05) is 6.92 Å². The molecule has 8 nitrogen and oxygen atoms in total. The van der Waals surface area contributed by atoms with Crippen molar-refractivity contribution in [3.63, 3.8) is 0 Å². The molecule has 4 rings (SSSR count). The van der Waals surface area contributed by atoms with Gasteiger partial charge in [-0.15, -0.1) is 0 Å². The molecule has 4 N–H and O–H groups in total. The summed E-state index contributed by atoms with van der Waals surface area (Å²) in [7, 11) is 4.00. The van der Waals surface area contributed by atoms with Gasteiger partial charge in [0.2, 0.25) is 0 Å². The molecule has 1 aromatic heterocycles. The Morgan fingerprint density at radius 3 is 2.52 bits per heavy atom. The maximum absolute atomic E-state index is 12.9. The predicted octanol–water partition coefficient (Wildman–Crippen LogP) is 2.95. The Morgan fingerprint density at radius 1 is 1.06 bits per heavy atom. The van der Waals surface area contributed by atoms with Gasteiger partial charge in [0.25, 0.3) is 17.7 Å². The molecule has 0 saturated heterocycles. The van der Waals surface area contributed by atoms with E-state index in [-0.39, 0.29) is 23.6 Å². The molecule has 172 valence electrons. The number of hydrogen-bond acceptors (Lipinski definition) is 4. The van der Waals surface area contributed by atoms with Crippen LogP contribution >= 0.6 is 0 Å². The van der Waals surface area contributed by atoms with E-state index in [0.29, 0.717) is 35.6 Å². The van der Waals surface area contributed by atoms with Crippen LogP contribution in [0.2, 0.25) is 0 Å². The van der Waals surface area contributed by atoms with Crippen LogP contribution in [0.4, 0.5) is 5.69 Å². The molecule has 0 saturated carbocycles. The minimum Gasteiger partial charge on any atom is -0.352 e. The second kappa shape index (κ2) is 9.46. The summed E-state index contributed by atoms with van der Waals surface area (Å²) in [5.41, 5.74) is 4.01. The van der Waals surface area contributed by atoms with Gasteiger partial charge in [-0.3, -0.25) is 14.4 Å². The van der Waals surface area contributed by atoms with Gasteiger partial charge in [-0.05, 0) is 75.1 Å². The first-order valence-electron chi connectivity index (χ1n) is 11.1. The van der Waals surface area contributed by atoms with Gasteiger partial charge in [0, 0.05) is 46.7 Å². The maximum Gasteiger partial charge on any atom is 0.268 e. The second-order valence-corrected chi connectivity index (χ2v) is 8.73. The van der Waals surface area contributed by atoms with E-state index in [1.807, 2.05) is 26.2 Å². The number of nitrogens with zero attached hydrogens (tertiary/aromatic N) is 1. The lowest BCUT2D eigenvalue weighted by molar-refractivity contribution is 0.0933. The number of carbonyl (C=O) groups is 3. The molecule has 2 heterocycles. The van der Waals surface area contributed by atoms with E-state index in [1.54, 1.807) is 30.3 Å². The van der Waals surface area contributed by atoms with E-state index in [9.17, 15) is 14.4 Å². The first-order valence-corrected chi connectivity index (χ1v) is 11.1. The Morgan fingerprint density at radius 2 is 1.79 bits per heavy atom. The summed E-state index contributed by atoms with van der Waals surface area (Å²) in [6, 6.07) is 12.2. The topological polar surface area (TPSA) is 106 Å². The van der Waals surface area contributed by atoms with Crippen LogP contribution in [0.25, 0.3) is 10.9 Å². The average Bonchev–Trinajstić information content (AvgIpc) is 3.19. The second-order valence-electron chi connectivity index (χ2n) is 8.73. The van der Waals surface area contributed by atoms with Crippen molar-refractivity contribution in [2.24, 2.45) is 0 Å². The first-order chi connectivity index (χ1) is 15.8. The Labute approximate surface area is 192 Å². The summed E-state index contributed by atoms with van der Waals surface area (Å²) in [6.45, 7) is 4.15. The number of aromatic amines is 1. The van der Waals surface area contributed by atoms with Gasteiger partial charge in [-0.25, -0.2) is 0 Å². The van der Waals surface area contributed by atoms with Crippen molar-refractivity contribution in [3.05, 3.63) is 64.8 Å². The molecule has 0 fully saturated rings. The van der Waals surface area contributed by atoms with E-state index < -0.39 is 0 Å². The third-order valence-electron chi connectivity index (χ3n) is 5.86. The summed E-state index contributed by atoms with van der Waals surface area (Å²) >= 11 is 0. The van der Waals surface area contributed by atoms with Gasteiger partial charge in [0.15, 0.2) is 0 Å². The van der Waals surface area contributed by atoms with Crippen molar-refractivity contribution >= 4 is 34.3 Å². The number of rotatable bonds is 7. The predicted molar refractivity (Wildman–Crippen MR) is 129 cm³/mol. The highest BCUT2D eigenvalue weighted by atomic mass is 16.2. The van der Waals surface area contributed by atoms with E-state index in [0.717, 1.165) is 29.4 Å². The van der Waals surface area contributed by atoms with Crippen LogP contribution in [-0.2, 0) is 0 Å². The monoisotopic (exact) mass is 447 g/mol. The fourth-order valence-electron chi connectivity index (χ4n) is 4.09. The van der Waals surface area contributed by atoms with Crippen LogP contribution in [0.5, 0.6) is 0 Å². The van der Waals surface area contributed by atoms with E-state index >= 15 is 0 Å². The third-order valence-corrected chi connectivity index (χ3v) is 5.86. The number of aromatic nitrogens is 1. The Balaban J connectivity index is 1.43. The number of carbonyl (C=O) groups excluding carboxylic acids is 3. The number of hydrogen-bond donors (Lipinski definition) is 4. The standard InChI is InChI=1S/C25H29N5O3/c1-15-14-27-25(33)22-21(15)19-13-17(7-10-20(19)29-22)24(32)28-18-8-5-16(6-9-18)23(31)26-11-4-12-30(2)3/h5-10,13,15,29H,4,11-12,14H2,1-3H3,(H,26,31)(H,27,33)(H,28,32). The highest BCUT2D eigenvalue weighted by Crippen LogP contribution is 2.32. The summed E-state index contributed by atoms with van der Waals surface area (Å²) in [4.78, 5) is 42.6. The van der Waals surface area contributed by atoms with E-state index in [1.165, 1.54) is 0 Å². The molecule has 0 aliphatic carbocycles. The zero-order valence-corrected chi connectivity index (χ0v) is 19.1. The minimum absolute atomic E-state index is 0.118. The number of anilines is 1. The molecule has 0 spiro atoms. The van der Waals surface area contributed by atoms with Crippen molar-refractivity contribution in [1.82, 2.24) is 20.5 Å². The lowest BCUT2D eigenvalue weighted by Crippen LogP contribution is -2.33. The Hall–Kier alpha value is -3.65. The first kappa shape index (κ1) is 22.5. The van der Waals surface area contributed by atoms with Gasteiger partial charge in [0.05, 0.1) is 0 Å². The SMILES string of the molecule is CC1CNC(=O)c2[nH]c3ccc(C(=O)Nc4ccc(C(=O)NCCCN(C)C)cc4)cc3c21. The number of H-pyrrole nitrogens is 1. The van der Waals surface area contributed by atoms with Crippen molar-refractivity contribution in [2.45, 2.75) is 19.3 Å². The number of nitrogens with one attached hydrogen (secondary N) is 4. The highest BCUT2D eigenvalue weighted by Gasteiger charge is 2.27. The summed E-state index contributed by atoms with van der Waals surface area (Å²) in [5, 5.41) is 9.54. The van der Waals surface area contributed by atoms with Crippen molar-refractivity contribution < 1.29 is 14.4 Å². The lowest BCUT2D eigenvalue weighted by atomic mass is 9.93. The van der Waals surface area contributed by atoms with Gasteiger partial charge >= 0.3 is 0 Å². The molecular weight excluding hydrogens is 418 g/mol. The highest BCUT2D eigenvalue weighted by molar-refractivity contribution is 6.08. The van der Waals surface area contributed by atoms with Crippen LogP contribution in [0.15, 0.2) is 42.5 Å². The lowest BCUT2D eigenvalue weighted by Gasteiger charge is -2.19. The molecule has 1 aliphatic heterocycles. The molecule has 0 radical (unpaired) electrons. The number of benzene rings is 2. The Kier molecular flexibility index (Phi) is 6.46. The van der Waals surface area contributed by atoms with Crippen LogP contribution in [0, 0.1) is 0 Å². The Bertz CT molecular complexity index is 1200. The van der Waals surface area contributed by atoms with Crippen LogP contribution < -0.4 is 16.0 Å². The largest absolute Gasteiger partial charge is 0.352 e. The van der Waals surface area contributed by atoms with Gasteiger partial charge < -0.3 is 25.8 Å². The molecule has 8 heteroatoms. The maximum atomic E-state index is 12.9. The zero-order valence-electron chi connectivity index (χ0n) is 19.1. The fraction of sp³-hybridized carbons (Fsp3) is 0.320. The molecule has 1 atom stereocenters. The molecule has 0 bridgehead atoms. The van der Waals surface area contributed by atoms with Crippen molar-refractivity contribution in [3.8, 4) is 0 Å². The van der Waals surface area contributed by atoms with Crippen LogP contribution in [-0.4, -0.2) is 61.3 Å². The molecular formula is C25H29N5O3. The number of amides is 3. The van der Waals surface area contributed by atoms with Gasteiger partial charge in [0.1, 0.15) is 5.69 Å². The molecule has 3 aromatic rings. The van der Waals surface area contributed by atoms with E-state index in [4.69, 9.17) is 0 Å². The summed E-state index contributed by atoms with van der Waals surface area (Å²) in [6.07, 6.45) is 0.880. The normalized spacial score (nSPS) is 15.3.